The molecule has 1 aliphatic heterocycles. The van der Waals surface area contributed by atoms with E-state index < -0.39 is 6.10 Å². The molecule has 2 amide bonds. The summed E-state index contributed by atoms with van der Waals surface area (Å²) in [6.07, 6.45) is -0.101. The Hall–Kier alpha value is -2.38. The molecule has 1 aliphatic rings. The Kier molecular flexibility index (Phi) is 5.53. The first kappa shape index (κ1) is 19.4. The summed E-state index contributed by atoms with van der Waals surface area (Å²) in [6.45, 7) is 5.27. The SMILES string of the molecule is Cc1ccc2[nH]c(C(=O)N[C@@H]3CCN(CC(=O)N(C)C)C[C@H]3O)c(C)c2c1. The number of aryl methyl sites for hydroxylation is 2. The van der Waals surface area contributed by atoms with Crippen LogP contribution in [-0.2, 0) is 4.79 Å². The minimum atomic E-state index is -0.704. The topological polar surface area (TPSA) is 88.7 Å². The van der Waals surface area contributed by atoms with Crippen LogP contribution < -0.4 is 5.32 Å². The fourth-order valence-electron chi connectivity index (χ4n) is 3.55. The summed E-state index contributed by atoms with van der Waals surface area (Å²) in [7, 11) is 3.44. The molecule has 0 spiro atoms. The number of aromatic nitrogens is 1. The first-order valence-corrected chi connectivity index (χ1v) is 9.26. The van der Waals surface area contributed by atoms with Crippen molar-refractivity contribution in [2.75, 3.05) is 33.7 Å². The third kappa shape index (κ3) is 4.14. The van der Waals surface area contributed by atoms with Crippen molar-refractivity contribution in [3.05, 3.63) is 35.0 Å². The average molecular weight is 372 g/mol. The lowest BCUT2D eigenvalue weighted by Gasteiger charge is -2.36. The van der Waals surface area contributed by atoms with E-state index in [9.17, 15) is 14.7 Å². The van der Waals surface area contributed by atoms with Crippen LogP contribution in [0.2, 0.25) is 0 Å². The average Bonchev–Trinajstić information content (AvgIpc) is 2.93. The van der Waals surface area contributed by atoms with Gasteiger partial charge >= 0.3 is 0 Å². The lowest BCUT2D eigenvalue weighted by atomic mass is 10.0. The molecule has 1 aromatic carbocycles. The van der Waals surface area contributed by atoms with E-state index in [0.29, 0.717) is 25.2 Å². The largest absolute Gasteiger partial charge is 0.390 e. The van der Waals surface area contributed by atoms with Gasteiger partial charge in [0, 0.05) is 38.1 Å². The van der Waals surface area contributed by atoms with Crippen LogP contribution in [0.3, 0.4) is 0 Å². The van der Waals surface area contributed by atoms with E-state index in [-0.39, 0.29) is 24.4 Å². The third-order valence-electron chi connectivity index (χ3n) is 5.28. The van der Waals surface area contributed by atoms with Crippen LogP contribution in [0.25, 0.3) is 10.9 Å². The Labute approximate surface area is 159 Å². The summed E-state index contributed by atoms with van der Waals surface area (Å²) in [4.78, 5) is 31.2. The molecule has 2 aromatic rings. The van der Waals surface area contributed by atoms with Crippen LogP contribution in [0, 0.1) is 13.8 Å². The molecule has 1 aromatic heterocycles. The maximum atomic E-state index is 12.8. The van der Waals surface area contributed by atoms with Crippen LogP contribution in [0.1, 0.15) is 28.0 Å². The van der Waals surface area contributed by atoms with E-state index in [1.54, 1.807) is 19.0 Å². The first-order valence-electron chi connectivity index (χ1n) is 9.26. The third-order valence-corrected chi connectivity index (χ3v) is 5.28. The number of carbonyl (C=O) groups is 2. The summed E-state index contributed by atoms with van der Waals surface area (Å²) in [5.41, 5.74) is 3.52. The van der Waals surface area contributed by atoms with Crippen molar-refractivity contribution in [1.29, 1.82) is 0 Å². The van der Waals surface area contributed by atoms with Gasteiger partial charge in [-0.3, -0.25) is 14.5 Å². The van der Waals surface area contributed by atoms with Crippen LogP contribution >= 0.6 is 0 Å². The number of hydrogen-bond acceptors (Lipinski definition) is 4. The van der Waals surface area contributed by atoms with Gasteiger partial charge in [0.25, 0.3) is 5.91 Å². The molecule has 27 heavy (non-hydrogen) atoms. The Morgan fingerprint density at radius 3 is 2.74 bits per heavy atom. The molecule has 0 bridgehead atoms. The maximum absolute atomic E-state index is 12.8. The molecule has 0 saturated carbocycles. The molecule has 1 saturated heterocycles. The van der Waals surface area contributed by atoms with E-state index in [1.165, 1.54) is 0 Å². The Balaban J connectivity index is 1.65. The predicted octanol–water partition coefficient (Wildman–Crippen LogP) is 1.04. The smallest absolute Gasteiger partial charge is 0.268 e. The molecule has 7 nitrogen and oxygen atoms in total. The molecule has 146 valence electrons. The number of rotatable bonds is 4. The predicted molar refractivity (Wildman–Crippen MR) is 105 cm³/mol. The zero-order valence-electron chi connectivity index (χ0n) is 16.4. The molecule has 0 aliphatic carbocycles. The van der Waals surface area contributed by atoms with Gasteiger partial charge in [0.15, 0.2) is 0 Å². The summed E-state index contributed by atoms with van der Waals surface area (Å²) >= 11 is 0. The number of hydrogen-bond donors (Lipinski definition) is 3. The summed E-state index contributed by atoms with van der Waals surface area (Å²) in [5.74, 6) is -0.197. The lowest BCUT2D eigenvalue weighted by Crippen LogP contribution is -2.55. The number of aliphatic hydroxyl groups excluding tert-OH is 1. The van der Waals surface area contributed by atoms with E-state index >= 15 is 0 Å². The normalized spacial score (nSPS) is 20.6. The number of fused-ring (bicyclic) bond motifs is 1. The number of aromatic amines is 1. The summed E-state index contributed by atoms with van der Waals surface area (Å²) in [5, 5.41) is 14.4. The van der Waals surface area contributed by atoms with Crippen molar-refractivity contribution in [1.82, 2.24) is 20.1 Å². The zero-order chi connectivity index (χ0) is 19.7. The maximum Gasteiger partial charge on any atom is 0.268 e. The number of piperidine rings is 1. The Morgan fingerprint density at radius 1 is 1.33 bits per heavy atom. The Morgan fingerprint density at radius 2 is 2.07 bits per heavy atom. The molecule has 3 rings (SSSR count). The standard InChI is InChI=1S/C20H28N4O3/c1-12-5-6-15-14(9-12)13(2)19(21-15)20(27)22-16-7-8-24(10-17(16)25)11-18(26)23(3)4/h5-6,9,16-17,21,25H,7-8,10-11H2,1-4H3,(H,22,27)/t16-,17-/m1/s1. The van der Waals surface area contributed by atoms with E-state index in [2.05, 4.69) is 16.4 Å². The van der Waals surface area contributed by atoms with Gasteiger partial charge in [-0.1, -0.05) is 11.6 Å². The van der Waals surface area contributed by atoms with Gasteiger partial charge in [0.05, 0.1) is 18.7 Å². The van der Waals surface area contributed by atoms with E-state index in [4.69, 9.17) is 0 Å². The van der Waals surface area contributed by atoms with Crippen LogP contribution in [0.15, 0.2) is 18.2 Å². The van der Waals surface area contributed by atoms with Crippen LogP contribution in [-0.4, -0.2) is 77.6 Å². The number of likely N-dealkylation sites (tertiary alicyclic amines) is 1. The van der Waals surface area contributed by atoms with Crippen molar-refractivity contribution in [3.8, 4) is 0 Å². The highest BCUT2D eigenvalue weighted by Gasteiger charge is 2.30. The molecule has 2 heterocycles. The van der Waals surface area contributed by atoms with Crippen LogP contribution in [0.4, 0.5) is 0 Å². The second kappa shape index (κ2) is 7.70. The number of carbonyl (C=O) groups excluding carboxylic acids is 2. The second-order valence-electron chi connectivity index (χ2n) is 7.63. The van der Waals surface area contributed by atoms with Crippen molar-refractivity contribution in [2.24, 2.45) is 0 Å². The van der Waals surface area contributed by atoms with Gasteiger partial charge in [-0.25, -0.2) is 0 Å². The monoisotopic (exact) mass is 372 g/mol. The van der Waals surface area contributed by atoms with Gasteiger partial charge in [-0.2, -0.15) is 0 Å². The van der Waals surface area contributed by atoms with Gasteiger partial charge in [0.1, 0.15) is 5.69 Å². The molecule has 0 radical (unpaired) electrons. The number of benzene rings is 1. The van der Waals surface area contributed by atoms with Crippen molar-refractivity contribution >= 4 is 22.7 Å². The van der Waals surface area contributed by atoms with E-state index in [1.807, 2.05) is 30.9 Å². The number of nitrogens with zero attached hydrogens (tertiary/aromatic N) is 2. The summed E-state index contributed by atoms with van der Waals surface area (Å²) in [6, 6.07) is 5.72. The van der Waals surface area contributed by atoms with Crippen molar-refractivity contribution < 1.29 is 14.7 Å². The van der Waals surface area contributed by atoms with E-state index in [0.717, 1.165) is 22.0 Å². The highest BCUT2D eigenvalue weighted by molar-refractivity contribution is 6.01. The molecule has 7 heteroatoms. The van der Waals surface area contributed by atoms with Gasteiger partial charge in [0.2, 0.25) is 5.91 Å². The fourth-order valence-corrected chi connectivity index (χ4v) is 3.55. The highest BCUT2D eigenvalue weighted by atomic mass is 16.3. The first-order chi connectivity index (χ1) is 12.8. The number of H-pyrrole nitrogens is 1. The number of likely N-dealkylation sites (N-methyl/N-ethyl adjacent to an activating group) is 1. The van der Waals surface area contributed by atoms with Crippen molar-refractivity contribution in [3.63, 3.8) is 0 Å². The number of aliphatic hydroxyl groups is 1. The molecule has 2 atom stereocenters. The highest BCUT2D eigenvalue weighted by Crippen LogP contribution is 2.23. The minimum Gasteiger partial charge on any atom is -0.390 e. The zero-order valence-corrected chi connectivity index (χ0v) is 16.4. The van der Waals surface area contributed by atoms with Crippen LogP contribution in [0.5, 0.6) is 0 Å². The second-order valence-corrected chi connectivity index (χ2v) is 7.63. The molecule has 1 fully saturated rings. The molecule has 3 N–H and O–H groups in total. The number of nitrogens with one attached hydrogen (secondary N) is 2. The number of amides is 2. The number of β-amino-alcohol motifs (C(OH)–C–C–N with tert-alkyl or cyclic N) is 1. The lowest BCUT2D eigenvalue weighted by molar-refractivity contribution is -0.130. The molecular weight excluding hydrogens is 344 g/mol. The molecule has 0 unspecified atom stereocenters. The quantitative estimate of drug-likeness (QED) is 0.748. The minimum absolute atomic E-state index is 0.00804. The molecular formula is C20H28N4O3. The van der Waals surface area contributed by atoms with Gasteiger partial charge in [-0.15, -0.1) is 0 Å². The van der Waals surface area contributed by atoms with Crippen molar-refractivity contribution in [2.45, 2.75) is 32.4 Å². The Bertz CT molecular complexity index is 858. The summed E-state index contributed by atoms with van der Waals surface area (Å²) < 4.78 is 0. The van der Waals surface area contributed by atoms with Gasteiger partial charge in [-0.05, 0) is 38.0 Å². The fraction of sp³-hybridized carbons (Fsp3) is 0.500. The van der Waals surface area contributed by atoms with Gasteiger partial charge < -0.3 is 20.3 Å².